The maximum absolute atomic E-state index is 13.6. The molecule has 1 heterocycles. The Balaban J connectivity index is 1.35. The fourth-order valence-corrected chi connectivity index (χ4v) is 6.41. The molecular weight excluding hydrogens is 468 g/mol. The van der Waals surface area contributed by atoms with Crippen LogP contribution in [0, 0.1) is 42.4 Å². The Hall–Kier alpha value is -2.73. The van der Waals surface area contributed by atoms with Crippen LogP contribution in [-0.4, -0.2) is 29.3 Å². The summed E-state index contributed by atoms with van der Waals surface area (Å²) in [6, 6.07) is 14.8. The van der Waals surface area contributed by atoms with Crippen LogP contribution in [0.25, 0.3) is 0 Å². The number of amides is 3. The van der Waals surface area contributed by atoms with Crippen LogP contribution in [0.4, 0.5) is 5.69 Å². The molecule has 4 aliphatic carbocycles. The fourth-order valence-electron chi connectivity index (χ4n) is 6.14. The third-order valence-corrected chi connectivity index (χ3v) is 8.32. The normalized spacial score (nSPS) is 31.5. The highest BCUT2D eigenvalue weighted by atomic mass is 79.9. The number of imide groups is 1. The number of hydrogen-bond donors (Lipinski definition) is 0. The van der Waals surface area contributed by atoms with E-state index in [0.717, 1.165) is 16.5 Å². The second-order valence-electron chi connectivity index (χ2n) is 9.43. The van der Waals surface area contributed by atoms with Crippen molar-refractivity contribution in [2.75, 3.05) is 11.6 Å². The first-order chi connectivity index (χ1) is 15.5. The Morgan fingerprint density at radius 1 is 0.969 bits per heavy atom. The lowest BCUT2D eigenvalue weighted by Gasteiger charge is -2.37. The first-order valence-electron chi connectivity index (χ1n) is 11.1. The molecule has 1 aliphatic heterocycles. The van der Waals surface area contributed by atoms with Crippen LogP contribution < -0.4 is 4.90 Å². The Kier molecular flexibility index (Phi) is 4.44. The summed E-state index contributed by atoms with van der Waals surface area (Å²) in [5.41, 5.74) is 2.07. The molecule has 7 rings (SSSR count). The molecule has 6 unspecified atom stereocenters. The van der Waals surface area contributed by atoms with Crippen LogP contribution in [0.2, 0.25) is 0 Å². The molecule has 0 N–H and O–H groups in total. The van der Waals surface area contributed by atoms with E-state index in [1.807, 2.05) is 49.4 Å². The minimum atomic E-state index is -0.262. The van der Waals surface area contributed by atoms with E-state index in [1.165, 1.54) is 4.90 Å². The van der Waals surface area contributed by atoms with Gasteiger partial charge in [-0.3, -0.25) is 24.2 Å². The Morgan fingerprint density at radius 3 is 2.16 bits per heavy atom. The lowest BCUT2D eigenvalue weighted by atomic mass is 9.63. The van der Waals surface area contributed by atoms with Crippen molar-refractivity contribution in [3.05, 3.63) is 76.3 Å². The smallest absolute Gasteiger partial charge is 0.260 e. The van der Waals surface area contributed by atoms with Gasteiger partial charge in [-0.25, -0.2) is 0 Å². The number of halogens is 1. The molecule has 2 aromatic rings. The Bertz CT molecular complexity index is 1140. The maximum Gasteiger partial charge on any atom is 0.260 e. The molecule has 162 valence electrons. The third kappa shape index (κ3) is 2.85. The molecule has 2 bridgehead atoms. The number of likely N-dealkylation sites (tertiary alicyclic amines) is 1. The topological polar surface area (TPSA) is 57.7 Å². The number of allylic oxidation sites excluding steroid dienone is 2. The second kappa shape index (κ2) is 7.14. The van der Waals surface area contributed by atoms with E-state index in [9.17, 15) is 14.4 Å². The van der Waals surface area contributed by atoms with Crippen LogP contribution in [0.5, 0.6) is 0 Å². The minimum Gasteiger partial charge on any atom is -0.290 e. The van der Waals surface area contributed by atoms with Gasteiger partial charge in [-0.05, 0) is 72.9 Å². The number of anilines is 1. The lowest BCUT2D eigenvalue weighted by molar-refractivity contribution is -0.140. The average molecular weight is 491 g/mol. The van der Waals surface area contributed by atoms with Gasteiger partial charge in [-0.2, -0.15) is 0 Å². The van der Waals surface area contributed by atoms with E-state index in [1.54, 1.807) is 11.0 Å². The predicted octanol–water partition coefficient (Wildman–Crippen LogP) is 4.41. The van der Waals surface area contributed by atoms with Crippen molar-refractivity contribution in [3.63, 3.8) is 0 Å². The van der Waals surface area contributed by atoms with Crippen molar-refractivity contribution in [2.24, 2.45) is 35.5 Å². The summed E-state index contributed by atoms with van der Waals surface area (Å²) >= 11 is 3.44. The summed E-state index contributed by atoms with van der Waals surface area (Å²) in [5, 5.41) is 0. The highest BCUT2D eigenvalue weighted by Gasteiger charge is 2.67. The molecule has 32 heavy (non-hydrogen) atoms. The molecule has 6 atom stereocenters. The van der Waals surface area contributed by atoms with Crippen molar-refractivity contribution in [3.8, 4) is 0 Å². The van der Waals surface area contributed by atoms with Gasteiger partial charge in [0.15, 0.2) is 0 Å². The van der Waals surface area contributed by atoms with Crippen LogP contribution in [-0.2, 0) is 9.59 Å². The van der Waals surface area contributed by atoms with Gasteiger partial charge in [0.25, 0.3) is 5.91 Å². The number of nitrogens with zero attached hydrogens (tertiary/aromatic N) is 2. The van der Waals surface area contributed by atoms with Gasteiger partial charge in [0.05, 0.1) is 11.8 Å². The molecule has 5 nitrogen and oxygen atoms in total. The molecule has 2 aromatic carbocycles. The van der Waals surface area contributed by atoms with Crippen molar-refractivity contribution < 1.29 is 14.4 Å². The maximum atomic E-state index is 13.6. The summed E-state index contributed by atoms with van der Waals surface area (Å²) in [6.45, 7) is 1.83. The summed E-state index contributed by atoms with van der Waals surface area (Å²) in [6.07, 6.45) is 5.46. The minimum absolute atomic E-state index is 0.0613. The monoisotopic (exact) mass is 490 g/mol. The van der Waals surface area contributed by atoms with E-state index in [-0.39, 0.29) is 48.1 Å². The van der Waals surface area contributed by atoms with Crippen molar-refractivity contribution in [1.82, 2.24) is 4.90 Å². The van der Waals surface area contributed by atoms with E-state index >= 15 is 0 Å². The molecule has 2 saturated carbocycles. The zero-order valence-corrected chi connectivity index (χ0v) is 19.2. The van der Waals surface area contributed by atoms with Crippen molar-refractivity contribution in [2.45, 2.75) is 13.3 Å². The number of aryl methyl sites for hydroxylation is 1. The van der Waals surface area contributed by atoms with Crippen LogP contribution in [0.3, 0.4) is 0 Å². The fraction of sp³-hybridized carbons (Fsp3) is 0.346. The summed E-state index contributed by atoms with van der Waals surface area (Å²) < 4.78 is 0.894. The number of rotatable bonds is 4. The Labute approximate surface area is 195 Å². The van der Waals surface area contributed by atoms with Crippen LogP contribution >= 0.6 is 15.9 Å². The molecular formula is C26H23BrN2O3. The van der Waals surface area contributed by atoms with E-state index in [0.29, 0.717) is 23.1 Å². The van der Waals surface area contributed by atoms with Crippen molar-refractivity contribution >= 4 is 39.3 Å². The first-order valence-corrected chi connectivity index (χ1v) is 11.9. The van der Waals surface area contributed by atoms with Gasteiger partial charge in [-0.15, -0.1) is 0 Å². The molecule has 0 radical (unpaired) electrons. The number of benzene rings is 2. The van der Waals surface area contributed by atoms with E-state index in [4.69, 9.17) is 0 Å². The van der Waals surface area contributed by atoms with E-state index < -0.39 is 0 Å². The first kappa shape index (κ1) is 19.9. The highest BCUT2D eigenvalue weighted by Crippen LogP contribution is 2.65. The van der Waals surface area contributed by atoms with Gasteiger partial charge in [0.1, 0.15) is 6.67 Å². The largest absolute Gasteiger partial charge is 0.290 e. The van der Waals surface area contributed by atoms with Gasteiger partial charge in [0.2, 0.25) is 11.8 Å². The van der Waals surface area contributed by atoms with Gasteiger partial charge >= 0.3 is 0 Å². The SMILES string of the molecule is Cc1ccccc1C(=O)N(CN1C(=O)C2C3C=CC(C4CC34)C2C1=O)c1ccc(Br)cc1. The zero-order chi connectivity index (χ0) is 22.1. The van der Waals surface area contributed by atoms with Crippen LogP contribution in [0.1, 0.15) is 22.3 Å². The average Bonchev–Trinajstić information content (AvgIpc) is 3.58. The number of carbonyl (C=O) groups excluding carboxylic acids is 3. The molecule has 6 heteroatoms. The number of hydrogen-bond acceptors (Lipinski definition) is 3. The van der Waals surface area contributed by atoms with Gasteiger partial charge in [0, 0.05) is 15.7 Å². The summed E-state index contributed by atoms with van der Waals surface area (Å²) in [7, 11) is 0. The van der Waals surface area contributed by atoms with Gasteiger partial charge < -0.3 is 0 Å². The zero-order valence-electron chi connectivity index (χ0n) is 17.6. The predicted molar refractivity (Wildman–Crippen MR) is 124 cm³/mol. The number of carbonyl (C=O) groups is 3. The molecule has 0 spiro atoms. The standard InChI is InChI=1S/C26H23BrN2O3/c1-14-4-2-3-5-17(14)24(30)28(16-8-6-15(27)7-9-16)13-29-25(31)22-18-10-11-19(21-12-20(18)21)23(22)26(29)32/h2-11,18-23H,12-13H2,1H3. The lowest BCUT2D eigenvalue weighted by Crippen LogP contribution is -2.45. The molecule has 5 aliphatic rings. The summed E-state index contributed by atoms with van der Waals surface area (Å²) in [4.78, 5) is 43.5. The highest BCUT2D eigenvalue weighted by molar-refractivity contribution is 9.10. The summed E-state index contributed by atoms with van der Waals surface area (Å²) in [5.74, 6) is 0.467. The quantitative estimate of drug-likeness (QED) is 0.470. The Morgan fingerprint density at radius 2 is 1.56 bits per heavy atom. The van der Waals surface area contributed by atoms with Crippen LogP contribution in [0.15, 0.2) is 65.2 Å². The molecule has 0 aromatic heterocycles. The molecule has 3 fully saturated rings. The molecule has 3 amide bonds. The van der Waals surface area contributed by atoms with E-state index in [2.05, 4.69) is 28.1 Å². The molecule has 1 saturated heterocycles. The van der Waals surface area contributed by atoms with Gasteiger partial charge in [-0.1, -0.05) is 46.3 Å². The van der Waals surface area contributed by atoms with Crippen molar-refractivity contribution in [1.29, 1.82) is 0 Å². The second-order valence-corrected chi connectivity index (χ2v) is 10.3. The third-order valence-electron chi connectivity index (χ3n) is 7.80.